The van der Waals surface area contributed by atoms with Gasteiger partial charge in [-0.3, -0.25) is 0 Å². The number of aromatic nitrogens is 2. The molecule has 0 radical (unpaired) electrons. The van der Waals surface area contributed by atoms with Crippen LogP contribution in [0.4, 0.5) is 0 Å². The van der Waals surface area contributed by atoms with Gasteiger partial charge in [-0.05, 0) is 18.1 Å². The van der Waals surface area contributed by atoms with Gasteiger partial charge in [0.1, 0.15) is 11.8 Å². The second-order valence-corrected chi connectivity index (χ2v) is 3.88. The number of hydrogen-bond acceptors (Lipinski definition) is 3. The molecule has 0 spiro atoms. The number of nitrogens with zero attached hydrogens (tertiary/aromatic N) is 2. The molecule has 2 aromatic rings. The van der Waals surface area contributed by atoms with Crippen LogP contribution < -0.4 is 5.32 Å². The molecular formula is C11H13N3O. The lowest BCUT2D eigenvalue weighted by atomic mass is 10.0. The Labute approximate surface area is 87.9 Å². The van der Waals surface area contributed by atoms with Gasteiger partial charge in [0.2, 0.25) is 0 Å². The van der Waals surface area contributed by atoms with Crippen LogP contribution in [-0.2, 0) is 13.5 Å². The van der Waals surface area contributed by atoms with Crippen LogP contribution in [0.2, 0.25) is 0 Å². The first-order valence-electron chi connectivity index (χ1n) is 5.12. The highest BCUT2D eigenvalue weighted by molar-refractivity contribution is 5.29. The van der Waals surface area contributed by atoms with Crippen LogP contribution in [0.25, 0.3) is 0 Å². The highest BCUT2D eigenvalue weighted by atomic mass is 16.3. The standard InChI is InChI=1S/C11H13N3O/c1-14-7-12-6-9(14)10-11-8(2-4-13-10)3-5-15-11/h3,5-7,10,13H,2,4H2,1H3. The topological polar surface area (TPSA) is 43.0 Å². The number of hydrogen-bond donors (Lipinski definition) is 1. The summed E-state index contributed by atoms with van der Waals surface area (Å²) in [5.41, 5.74) is 2.45. The van der Waals surface area contributed by atoms with E-state index in [1.807, 2.05) is 24.1 Å². The number of imidazole rings is 1. The third kappa shape index (κ3) is 1.29. The van der Waals surface area contributed by atoms with Crippen LogP contribution >= 0.6 is 0 Å². The molecule has 0 aliphatic carbocycles. The third-order valence-electron chi connectivity index (χ3n) is 2.94. The van der Waals surface area contributed by atoms with Gasteiger partial charge in [-0.1, -0.05) is 0 Å². The summed E-state index contributed by atoms with van der Waals surface area (Å²) in [7, 11) is 2.00. The fourth-order valence-corrected chi connectivity index (χ4v) is 2.14. The van der Waals surface area contributed by atoms with Crippen LogP contribution in [-0.4, -0.2) is 16.1 Å². The Kier molecular flexibility index (Phi) is 1.89. The van der Waals surface area contributed by atoms with Gasteiger partial charge >= 0.3 is 0 Å². The zero-order chi connectivity index (χ0) is 10.3. The SMILES string of the molecule is Cn1cncc1C1NCCc2ccoc21. The van der Waals surface area contributed by atoms with Gasteiger partial charge in [0.15, 0.2) is 0 Å². The van der Waals surface area contributed by atoms with Crippen molar-refractivity contribution >= 4 is 0 Å². The maximum absolute atomic E-state index is 5.54. The first kappa shape index (κ1) is 8.73. The lowest BCUT2D eigenvalue weighted by Gasteiger charge is -2.22. The summed E-state index contributed by atoms with van der Waals surface area (Å²) in [5.74, 6) is 1.03. The molecule has 0 bridgehead atoms. The molecule has 1 aliphatic heterocycles. The van der Waals surface area contributed by atoms with E-state index in [1.165, 1.54) is 5.56 Å². The largest absolute Gasteiger partial charge is 0.467 e. The molecule has 0 saturated heterocycles. The van der Waals surface area contributed by atoms with Crippen LogP contribution in [0.1, 0.15) is 23.1 Å². The van der Waals surface area contributed by atoms with Gasteiger partial charge in [-0.25, -0.2) is 4.98 Å². The molecule has 0 amide bonds. The summed E-state index contributed by atoms with van der Waals surface area (Å²) in [6, 6.07) is 2.20. The van der Waals surface area contributed by atoms with E-state index in [9.17, 15) is 0 Å². The molecule has 1 atom stereocenters. The van der Waals surface area contributed by atoms with Gasteiger partial charge in [0.05, 0.1) is 24.5 Å². The molecule has 3 heterocycles. The van der Waals surface area contributed by atoms with Crippen molar-refractivity contribution in [1.82, 2.24) is 14.9 Å². The van der Waals surface area contributed by atoms with Crippen LogP contribution in [0.3, 0.4) is 0 Å². The zero-order valence-electron chi connectivity index (χ0n) is 8.60. The van der Waals surface area contributed by atoms with E-state index in [4.69, 9.17) is 4.42 Å². The van der Waals surface area contributed by atoms with Crippen molar-refractivity contribution in [3.8, 4) is 0 Å². The normalized spacial score (nSPS) is 20.2. The van der Waals surface area contributed by atoms with Crippen LogP contribution in [0.15, 0.2) is 29.3 Å². The van der Waals surface area contributed by atoms with Crippen molar-refractivity contribution in [3.63, 3.8) is 0 Å². The third-order valence-corrected chi connectivity index (χ3v) is 2.94. The van der Waals surface area contributed by atoms with Crippen molar-refractivity contribution in [1.29, 1.82) is 0 Å². The van der Waals surface area contributed by atoms with E-state index in [-0.39, 0.29) is 6.04 Å². The van der Waals surface area contributed by atoms with Gasteiger partial charge in [-0.2, -0.15) is 0 Å². The Hall–Kier alpha value is -1.55. The second-order valence-electron chi connectivity index (χ2n) is 3.88. The fraction of sp³-hybridized carbons (Fsp3) is 0.364. The Bertz CT molecular complexity index is 472. The van der Waals surface area contributed by atoms with E-state index in [0.717, 1.165) is 24.4 Å². The first-order valence-corrected chi connectivity index (χ1v) is 5.12. The highest BCUT2D eigenvalue weighted by Crippen LogP contribution is 2.28. The average Bonchev–Trinajstić information content (AvgIpc) is 2.85. The van der Waals surface area contributed by atoms with Gasteiger partial charge in [0.25, 0.3) is 0 Å². The molecule has 4 heteroatoms. The number of fused-ring (bicyclic) bond motifs is 1. The summed E-state index contributed by atoms with van der Waals surface area (Å²) in [6.07, 6.45) is 6.50. The van der Waals surface area contributed by atoms with Gasteiger partial charge < -0.3 is 14.3 Å². The lowest BCUT2D eigenvalue weighted by Crippen LogP contribution is -2.30. The van der Waals surface area contributed by atoms with Crippen molar-refractivity contribution in [2.24, 2.45) is 7.05 Å². The monoisotopic (exact) mass is 203 g/mol. The molecule has 2 aromatic heterocycles. The molecule has 1 N–H and O–H groups in total. The van der Waals surface area contributed by atoms with Crippen molar-refractivity contribution in [2.45, 2.75) is 12.5 Å². The Morgan fingerprint density at radius 3 is 3.33 bits per heavy atom. The molecule has 0 aromatic carbocycles. The minimum Gasteiger partial charge on any atom is -0.467 e. The summed E-state index contributed by atoms with van der Waals surface area (Å²) in [4.78, 5) is 4.14. The highest BCUT2D eigenvalue weighted by Gasteiger charge is 2.26. The van der Waals surface area contributed by atoms with Crippen LogP contribution in [0, 0.1) is 0 Å². The van der Waals surface area contributed by atoms with Crippen molar-refractivity contribution in [3.05, 3.63) is 41.9 Å². The summed E-state index contributed by atoms with van der Waals surface area (Å²) < 4.78 is 7.57. The van der Waals surface area contributed by atoms with Crippen LogP contribution in [0.5, 0.6) is 0 Å². The summed E-state index contributed by atoms with van der Waals surface area (Å²) in [6.45, 7) is 0.988. The molecule has 15 heavy (non-hydrogen) atoms. The predicted octanol–water partition coefficient (Wildman–Crippen LogP) is 1.25. The van der Waals surface area contributed by atoms with E-state index in [0.29, 0.717) is 0 Å². The Morgan fingerprint density at radius 2 is 2.53 bits per heavy atom. The van der Waals surface area contributed by atoms with E-state index in [2.05, 4.69) is 16.4 Å². The molecule has 3 rings (SSSR count). The summed E-state index contributed by atoms with van der Waals surface area (Å²) in [5, 5.41) is 3.45. The second kappa shape index (κ2) is 3.24. The van der Waals surface area contributed by atoms with Gasteiger partial charge in [0, 0.05) is 13.6 Å². The van der Waals surface area contributed by atoms with Crippen molar-refractivity contribution < 1.29 is 4.42 Å². The van der Waals surface area contributed by atoms with Gasteiger partial charge in [-0.15, -0.1) is 0 Å². The van der Waals surface area contributed by atoms with E-state index < -0.39 is 0 Å². The van der Waals surface area contributed by atoms with Crippen molar-refractivity contribution in [2.75, 3.05) is 6.54 Å². The molecule has 4 nitrogen and oxygen atoms in total. The zero-order valence-corrected chi connectivity index (χ0v) is 8.60. The molecule has 1 aliphatic rings. The minimum absolute atomic E-state index is 0.149. The Morgan fingerprint density at radius 1 is 1.60 bits per heavy atom. The molecule has 0 saturated carbocycles. The lowest BCUT2D eigenvalue weighted by molar-refractivity contribution is 0.415. The maximum Gasteiger partial charge on any atom is 0.130 e. The molecular weight excluding hydrogens is 190 g/mol. The molecule has 1 unspecified atom stereocenters. The number of furan rings is 1. The number of rotatable bonds is 1. The van der Waals surface area contributed by atoms with E-state index in [1.54, 1.807) is 6.26 Å². The summed E-state index contributed by atoms with van der Waals surface area (Å²) >= 11 is 0. The fourth-order valence-electron chi connectivity index (χ4n) is 2.14. The predicted molar refractivity (Wildman–Crippen MR) is 55.5 cm³/mol. The molecule has 78 valence electrons. The molecule has 0 fully saturated rings. The Balaban J connectivity index is 2.07. The average molecular weight is 203 g/mol. The minimum atomic E-state index is 0.149. The first-order chi connectivity index (χ1) is 7.36. The smallest absolute Gasteiger partial charge is 0.130 e. The number of nitrogens with one attached hydrogen (secondary N) is 1. The maximum atomic E-state index is 5.54. The van der Waals surface area contributed by atoms with E-state index >= 15 is 0 Å². The number of aryl methyl sites for hydroxylation is 1. The quantitative estimate of drug-likeness (QED) is 0.758.